The fourth-order valence-electron chi connectivity index (χ4n) is 8.18. The lowest BCUT2D eigenvalue weighted by atomic mass is 9.90. The Bertz CT molecular complexity index is 1960. The summed E-state index contributed by atoms with van der Waals surface area (Å²) in [7, 11) is 0. The van der Waals surface area contributed by atoms with Gasteiger partial charge in [0.25, 0.3) is 0 Å². The van der Waals surface area contributed by atoms with Crippen molar-refractivity contribution in [2.45, 2.75) is 102 Å². The van der Waals surface area contributed by atoms with Gasteiger partial charge in [0.1, 0.15) is 12.2 Å². The molecule has 1 atom stereocenters. The zero-order valence-corrected chi connectivity index (χ0v) is 34.5. The normalized spacial score (nSPS) is 21.3. The summed E-state index contributed by atoms with van der Waals surface area (Å²) < 4.78 is 54.1. The standard InChI is InChI=1S/C42H54F3N9O4S/c1-41(2,57)28-52-27-32(24-47-52)38-36(42(43,44)45)25-46-40(50-38)48-33-13-21-54(22-14-33)59-53-19-11-30(12-20-53)26-51-17-15-34(16-18-51)58-23-3-4-29-5-7-31(8-6-29)35-9-10-37(55)49-39(35)56/h5-8,24-25,27,30,33-35,57H,9-23,26,28H2,1-2H3,(H,46,48,50)(H,49,55,56). The largest absolute Gasteiger partial charge is 0.419 e. The van der Waals surface area contributed by atoms with Crippen molar-refractivity contribution in [1.82, 2.24) is 38.6 Å². The van der Waals surface area contributed by atoms with E-state index in [-0.39, 0.29) is 53.6 Å². The number of nitrogens with zero attached hydrogens (tertiary/aromatic N) is 7. The van der Waals surface area contributed by atoms with Crippen molar-refractivity contribution in [3.63, 3.8) is 0 Å². The van der Waals surface area contributed by atoms with Crippen molar-refractivity contribution in [2.24, 2.45) is 5.92 Å². The van der Waals surface area contributed by atoms with Gasteiger partial charge in [0, 0.05) is 93.9 Å². The number of alkyl halides is 3. The van der Waals surface area contributed by atoms with Crippen molar-refractivity contribution < 1.29 is 32.6 Å². The molecular formula is C42H54F3N9O4S. The summed E-state index contributed by atoms with van der Waals surface area (Å²) in [6.45, 7) is 10.7. The highest BCUT2D eigenvalue weighted by Crippen LogP contribution is 2.37. The second-order valence-electron chi connectivity index (χ2n) is 16.7. The van der Waals surface area contributed by atoms with E-state index in [1.54, 1.807) is 13.8 Å². The highest BCUT2D eigenvalue weighted by molar-refractivity contribution is 7.94. The first kappa shape index (κ1) is 43.1. The third-order valence-electron chi connectivity index (χ3n) is 11.4. The predicted molar refractivity (Wildman–Crippen MR) is 219 cm³/mol. The Morgan fingerprint density at radius 3 is 2.31 bits per heavy atom. The van der Waals surface area contributed by atoms with Gasteiger partial charge in [-0.1, -0.05) is 24.0 Å². The highest BCUT2D eigenvalue weighted by atomic mass is 32.2. The SMILES string of the molecule is CC(C)(O)Cn1cc(-c2nc(NC3CCN(SN4CCC(CN5CCC(OCC#Cc6ccc(C7CCC(=O)NC7=O)cc6)CC5)CC4)CC3)ncc2C(F)(F)F)cn1. The third kappa shape index (κ3) is 12.3. The van der Waals surface area contributed by atoms with Crippen molar-refractivity contribution in [1.29, 1.82) is 0 Å². The number of carbonyl (C=O) groups excluding carboxylic acids is 2. The third-order valence-corrected chi connectivity index (χ3v) is 12.6. The van der Waals surface area contributed by atoms with Gasteiger partial charge in [0.05, 0.1) is 36.1 Å². The lowest BCUT2D eigenvalue weighted by Crippen LogP contribution is -2.43. The van der Waals surface area contributed by atoms with E-state index in [0.29, 0.717) is 25.4 Å². The number of hydrogen-bond donors (Lipinski definition) is 3. The van der Waals surface area contributed by atoms with E-state index < -0.39 is 17.3 Å². The van der Waals surface area contributed by atoms with Gasteiger partial charge >= 0.3 is 6.18 Å². The highest BCUT2D eigenvalue weighted by Gasteiger charge is 2.36. The first-order chi connectivity index (χ1) is 28.2. The van der Waals surface area contributed by atoms with Gasteiger partial charge in [0.2, 0.25) is 17.8 Å². The number of nitrogens with one attached hydrogen (secondary N) is 2. The van der Waals surface area contributed by atoms with E-state index >= 15 is 0 Å². The first-order valence-corrected chi connectivity index (χ1v) is 21.4. The quantitative estimate of drug-likeness (QED) is 0.123. The second kappa shape index (κ2) is 19.1. The second-order valence-corrected chi connectivity index (χ2v) is 17.9. The molecule has 7 rings (SSSR count). The number of hydrogen-bond acceptors (Lipinski definition) is 12. The molecule has 1 aromatic carbocycles. The Kier molecular flexibility index (Phi) is 14.0. The molecule has 0 saturated carbocycles. The number of amides is 2. The minimum atomic E-state index is -4.63. The van der Waals surface area contributed by atoms with Crippen molar-refractivity contribution >= 4 is 29.9 Å². The van der Waals surface area contributed by atoms with Crippen LogP contribution in [0.4, 0.5) is 19.1 Å². The van der Waals surface area contributed by atoms with Crippen LogP contribution in [0.2, 0.25) is 0 Å². The summed E-state index contributed by atoms with van der Waals surface area (Å²) >= 11 is 1.81. The molecule has 4 saturated heterocycles. The van der Waals surface area contributed by atoms with E-state index in [2.05, 4.69) is 51.1 Å². The lowest BCUT2D eigenvalue weighted by Gasteiger charge is -2.39. The van der Waals surface area contributed by atoms with Gasteiger partial charge in [-0.25, -0.2) is 18.6 Å². The van der Waals surface area contributed by atoms with Crippen molar-refractivity contribution in [2.75, 3.05) is 57.7 Å². The number of benzene rings is 1. The monoisotopic (exact) mass is 837 g/mol. The summed E-state index contributed by atoms with van der Waals surface area (Å²) in [5.41, 5.74) is -0.250. The molecule has 0 bridgehead atoms. The van der Waals surface area contributed by atoms with Crippen LogP contribution < -0.4 is 10.6 Å². The number of aliphatic hydroxyl groups is 1. The van der Waals surface area contributed by atoms with Gasteiger partial charge in [0.15, 0.2) is 0 Å². The summed E-state index contributed by atoms with van der Waals surface area (Å²) in [5, 5.41) is 19.9. The van der Waals surface area contributed by atoms with Crippen LogP contribution in [0.15, 0.2) is 42.9 Å². The maximum Gasteiger partial charge on any atom is 0.419 e. The van der Waals surface area contributed by atoms with Crippen LogP contribution in [0, 0.1) is 17.8 Å². The molecule has 1 unspecified atom stereocenters. The summed E-state index contributed by atoms with van der Waals surface area (Å²) in [6.07, 6.45) is 6.09. The van der Waals surface area contributed by atoms with Gasteiger partial charge in [-0.3, -0.25) is 19.6 Å². The van der Waals surface area contributed by atoms with Crippen LogP contribution in [0.25, 0.3) is 11.3 Å². The molecule has 17 heteroatoms. The summed E-state index contributed by atoms with van der Waals surface area (Å²) in [6, 6.07) is 7.70. The van der Waals surface area contributed by atoms with Gasteiger partial charge < -0.3 is 20.1 Å². The minimum absolute atomic E-state index is 0.0422. The number of halogens is 3. The maximum atomic E-state index is 13.9. The van der Waals surface area contributed by atoms with E-state index in [0.717, 1.165) is 102 Å². The Morgan fingerprint density at radius 2 is 1.64 bits per heavy atom. The van der Waals surface area contributed by atoms with Crippen LogP contribution in [-0.4, -0.2) is 120 Å². The number of aromatic nitrogens is 4. The number of imide groups is 1. The van der Waals surface area contributed by atoms with E-state index in [4.69, 9.17) is 4.74 Å². The van der Waals surface area contributed by atoms with E-state index in [1.807, 2.05) is 36.4 Å². The van der Waals surface area contributed by atoms with Crippen LogP contribution in [0.5, 0.6) is 0 Å². The molecule has 4 fully saturated rings. The van der Waals surface area contributed by atoms with Crippen LogP contribution in [-0.2, 0) is 27.0 Å². The Hall–Kier alpha value is -4.05. The fourth-order valence-corrected chi connectivity index (χ4v) is 9.26. The van der Waals surface area contributed by atoms with E-state index in [9.17, 15) is 27.9 Å². The van der Waals surface area contributed by atoms with E-state index in [1.165, 1.54) is 17.1 Å². The molecule has 13 nitrogen and oxygen atoms in total. The molecule has 6 heterocycles. The fraction of sp³-hybridized carbons (Fsp3) is 0.595. The molecule has 59 heavy (non-hydrogen) atoms. The number of rotatable bonds is 12. The molecule has 0 aliphatic carbocycles. The molecule has 3 N–H and O–H groups in total. The van der Waals surface area contributed by atoms with Gasteiger partial charge in [-0.2, -0.15) is 18.3 Å². The molecule has 4 aliphatic rings. The molecule has 3 aromatic rings. The Labute approximate surface area is 348 Å². The van der Waals surface area contributed by atoms with Crippen LogP contribution >= 0.6 is 12.1 Å². The molecule has 2 aromatic heterocycles. The number of anilines is 1. The number of carbonyl (C=O) groups is 2. The summed E-state index contributed by atoms with van der Waals surface area (Å²) in [5.74, 6) is 6.40. The number of likely N-dealkylation sites (tertiary alicyclic amines) is 1. The maximum absolute atomic E-state index is 13.9. The number of piperidine rings is 4. The zero-order valence-electron chi connectivity index (χ0n) is 33.7. The van der Waals surface area contributed by atoms with Crippen LogP contribution in [0.3, 0.4) is 0 Å². The molecular weight excluding hydrogens is 784 g/mol. The molecule has 318 valence electrons. The first-order valence-electron chi connectivity index (χ1n) is 20.6. The van der Waals surface area contributed by atoms with Crippen molar-refractivity contribution in [3.05, 3.63) is 59.5 Å². The van der Waals surface area contributed by atoms with Gasteiger partial charge in [-0.05, 0) is 82.4 Å². The molecule has 2 amide bonds. The smallest absolute Gasteiger partial charge is 0.389 e. The average molecular weight is 838 g/mol. The summed E-state index contributed by atoms with van der Waals surface area (Å²) in [4.78, 5) is 34.5. The topological polar surface area (TPSA) is 141 Å². The van der Waals surface area contributed by atoms with Crippen LogP contribution in [0.1, 0.15) is 87.8 Å². The Morgan fingerprint density at radius 1 is 0.949 bits per heavy atom. The molecule has 0 radical (unpaired) electrons. The predicted octanol–water partition coefficient (Wildman–Crippen LogP) is 5.33. The van der Waals surface area contributed by atoms with Crippen molar-refractivity contribution in [3.8, 4) is 23.1 Å². The minimum Gasteiger partial charge on any atom is -0.389 e. The average Bonchev–Trinajstić information content (AvgIpc) is 3.65. The Balaban J connectivity index is 0.776. The van der Waals surface area contributed by atoms with Gasteiger partial charge in [-0.15, -0.1) is 0 Å². The zero-order chi connectivity index (χ0) is 41.6. The number of ether oxygens (including phenoxy) is 1. The molecule has 0 spiro atoms. The molecule has 4 aliphatic heterocycles. The lowest BCUT2D eigenvalue weighted by molar-refractivity contribution is -0.137.